The number of hydrogen-bond donors (Lipinski definition) is 1. The van der Waals surface area contributed by atoms with Crippen LogP contribution in [0, 0.1) is 13.8 Å². The molecule has 4 nitrogen and oxygen atoms in total. The van der Waals surface area contributed by atoms with Crippen LogP contribution in [0.4, 0.5) is 5.82 Å². The number of alkyl halides is 1. The Balaban J connectivity index is 1.99. The Bertz CT molecular complexity index is 987. The summed E-state index contributed by atoms with van der Waals surface area (Å²) in [6.45, 7) is 10.4. The molecule has 3 aromatic rings. The lowest BCUT2D eigenvalue weighted by Crippen LogP contribution is -2.19. The minimum atomic E-state index is -0.776. The number of hydrogen-bond acceptors (Lipinski definition) is 2. The van der Waals surface area contributed by atoms with Crippen molar-refractivity contribution in [3.8, 4) is 5.69 Å². The van der Waals surface area contributed by atoms with Crippen LogP contribution in [0.15, 0.2) is 54.6 Å². The van der Waals surface area contributed by atoms with Crippen LogP contribution in [0.2, 0.25) is 0 Å². The summed E-state index contributed by atoms with van der Waals surface area (Å²) in [6.07, 6.45) is 0. The van der Waals surface area contributed by atoms with Gasteiger partial charge in [-0.05, 0) is 31.0 Å². The molecule has 0 aliphatic carbocycles. The number of aromatic nitrogens is 2. The average molecular weight is 396 g/mol. The Labute approximate surface area is 171 Å². The highest BCUT2D eigenvalue weighted by atomic mass is 35.5. The molecule has 0 spiro atoms. The second kappa shape index (κ2) is 7.80. The van der Waals surface area contributed by atoms with E-state index in [-0.39, 0.29) is 11.3 Å². The van der Waals surface area contributed by atoms with Crippen LogP contribution in [-0.4, -0.2) is 15.7 Å². The summed E-state index contributed by atoms with van der Waals surface area (Å²) in [5, 5.41) is 6.98. The summed E-state index contributed by atoms with van der Waals surface area (Å²) in [4.78, 5) is 12.8. The molecule has 0 aliphatic heterocycles. The molecule has 1 N–H and O–H groups in total. The van der Waals surface area contributed by atoms with Crippen LogP contribution in [0.1, 0.15) is 48.5 Å². The lowest BCUT2D eigenvalue weighted by Gasteiger charge is -2.15. The van der Waals surface area contributed by atoms with Gasteiger partial charge in [0.15, 0.2) is 0 Å². The maximum Gasteiger partial charge on any atom is 0.248 e. The number of anilines is 1. The normalized spacial score (nSPS) is 12.6. The topological polar surface area (TPSA) is 46.9 Å². The number of aryl methyl sites for hydroxylation is 2. The van der Waals surface area contributed by atoms with Gasteiger partial charge in [0, 0.05) is 11.5 Å². The average Bonchev–Trinajstić information content (AvgIpc) is 3.05. The predicted molar refractivity (Wildman–Crippen MR) is 115 cm³/mol. The van der Waals surface area contributed by atoms with Crippen LogP contribution in [0.5, 0.6) is 0 Å². The van der Waals surface area contributed by atoms with E-state index in [0.29, 0.717) is 5.82 Å². The van der Waals surface area contributed by atoms with Gasteiger partial charge in [0.1, 0.15) is 11.2 Å². The number of nitrogens with zero attached hydrogens (tertiary/aromatic N) is 2. The molecule has 2 aromatic carbocycles. The molecule has 1 aromatic heterocycles. The Hall–Kier alpha value is -2.59. The number of nitrogens with one attached hydrogen (secondary N) is 1. The summed E-state index contributed by atoms with van der Waals surface area (Å²) in [5.74, 6) is 0.336. The van der Waals surface area contributed by atoms with Crippen molar-refractivity contribution in [2.75, 3.05) is 5.32 Å². The highest BCUT2D eigenvalue weighted by molar-refractivity contribution is 6.32. The minimum absolute atomic E-state index is 0.150. The summed E-state index contributed by atoms with van der Waals surface area (Å²) in [5.41, 5.74) is 4.71. The van der Waals surface area contributed by atoms with E-state index in [0.717, 1.165) is 22.5 Å². The van der Waals surface area contributed by atoms with E-state index >= 15 is 0 Å². The highest BCUT2D eigenvalue weighted by Gasteiger charge is 2.24. The monoisotopic (exact) mass is 395 g/mol. The standard InChI is InChI=1S/C23H26ClN3O/c1-15-11-12-18(16(2)13-15)27-20(14-19(26-27)23(3,4)5)25-22(28)21(24)17-9-7-6-8-10-17/h6-14,21H,1-5H3,(H,25,28)/t21-/m1/s1. The van der Waals surface area contributed by atoms with Crippen LogP contribution >= 0.6 is 11.6 Å². The van der Waals surface area contributed by atoms with Crippen LogP contribution in [-0.2, 0) is 10.2 Å². The zero-order valence-electron chi connectivity index (χ0n) is 17.0. The zero-order valence-corrected chi connectivity index (χ0v) is 17.7. The Morgan fingerprint density at radius 3 is 2.36 bits per heavy atom. The van der Waals surface area contributed by atoms with Gasteiger partial charge < -0.3 is 5.32 Å². The SMILES string of the molecule is Cc1ccc(-n2nc(C(C)(C)C)cc2NC(=O)[C@H](Cl)c2ccccc2)c(C)c1. The molecule has 0 fully saturated rings. The van der Waals surface area contributed by atoms with E-state index in [1.54, 1.807) is 4.68 Å². The van der Waals surface area contributed by atoms with E-state index in [1.165, 1.54) is 5.56 Å². The van der Waals surface area contributed by atoms with Crippen molar-refractivity contribution in [2.45, 2.75) is 45.4 Å². The van der Waals surface area contributed by atoms with E-state index in [9.17, 15) is 4.79 Å². The Kier molecular flexibility index (Phi) is 5.61. The fraction of sp³-hybridized carbons (Fsp3) is 0.304. The number of amides is 1. The first-order chi connectivity index (χ1) is 13.2. The molecule has 1 amide bonds. The second-order valence-corrected chi connectivity index (χ2v) is 8.57. The third-order valence-electron chi connectivity index (χ3n) is 4.63. The summed E-state index contributed by atoms with van der Waals surface area (Å²) < 4.78 is 1.79. The van der Waals surface area contributed by atoms with Gasteiger partial charge in [0.2, 0.25) is 5.91 Å². The third-order valence-corrected chi connectivity index (χ3v) is 5.08. The summed E-state index contributed by atoms with van der Waals surface area (Å²) in [7, 11) is 0. The minimum Gasteiger partial charge on any atom is -0.309 e. The predicted octanol–water partition coefficient (Wildman–Crippen LogP) is 5.71. The van der Waals surface area contributed by atoms with Gasteiger partial charge in [-0.15, -0.1) is 11.6 Å². The number of halogens is 1. The van der Waals surface area contributed by atoms with Crippen LogP contribution in [0.3, 0.4) is 0 Å². The van der Waals surface area contributed by atoms with Gasteiger partial charge in [0.05, 0.1) is 11.4 Å². The second-order valence-electron chi connectivity index (χ2n) is 8.13. The van der Waals surface area contributed by atoms with E-state index in [4.69, 9.17) is 16.7 Å². The summed E-state index contributed by atoms with van der Waals surface area (Å²) in [6, 6.07) is 17.4. The van der Waals surface area contributed by atoms with Crippen molar-refractivity contribution >= 4 is 23.3 Å². The van der Waals surface area contributed by atoms with Crippen molar-refractivity contribution in [2.24, 2.45) is 0 Å². The molecule has 0 bridgehead atoms. The molecular weight excluding hydrogens is 370 g/mol. The van der Waals surface area contributed by atoms with Gasteiger partial charge >= 0.3 is 0 Å². The largest absolute Gasteiger partial charge is 0.309 e. The van der Waals surface area contributed by atoms with E-state index in [2.05, 4.69) is 39.1 Å². The third kappa shape index (κ3) is 4.28. The van der Waals surface area contributed by atoms with Crippen molar-refractivity contribution in [3.63, 3.8) is 0 Å². The van der Waals surface area contributed by atoms with E-state index in [1.807, 2.05) is 55.5 Å². The molecule has 1 atom stereocenters. The molecule has 0 saturated heterocycles. The number of rotatable bonds is 4. The molecule has 1 heterocycles. The quantitative estimate of drug-likeness (QED) is 0.575. The highest BCUT2D eigenvalue weighted by Crippen LogP contribution is 2.29. The maximum atomic E-state index is 12.8. The fourth-order valence-electron chi connectivity index (χ4n) is 3.03. The smallest absolute Gasteiger partial charge is 0.248 e. The lowest BCUT2D eigenvalue weighted by atomic mass is 9.92. The first kappa shape index (κ1) is 20.2. The van der Waals surface area contributed by atoms with Crippen molar-refractivity contribution in [1.82, 2.24) is 9.78 Å². The van der Waals surface area contributed by atoms with Crippen LogP contribution in [0.25, 0.3) is 5.69 Å². The Morgan fingerprint density at radius 2 is 1.75 bits per heavy atom. The van der Waals surface area contributed by atoms with Crippen molar-refractivity contribution in [1.29, 1.82) is 0 Å². The van der Waals surface area contributed by atoms with E-state index < -0.39 is 5.38 Å². The molecule has 28 heavy (non-hydrogen) atoms. The van der Waals surface area contributed by atoms with Crippen molar-refractivity contribution in [3.05, 3.63) is 77.0 Å². The van der Waals surface area contributed by atoms with Crippen LogP contribution < -0.4 is 5.32 Å². The zero-order chi connectivity index (χ0) is 20.5. The van der Waals surface area contributed by atoms with Crippen molar-refractivity contribution < 1.29 is 4.79 Å². The Morgan fingerprint density at radius 1 is 1.07 bits per heavy atom. The van der Waals surface area contributed by atoms with Gasteiger partial charge in [-0.1, -0.05) is 68.8 Å². The molecule has 0 radical (unpaired) electrons. The lowest BCUT2D eigenvalue weighted by molar-refractivity contribution is -0.116. The molecule has 5 heteroatoms. The summed E-state index contributed by atoms with van der Waals surface area (Å²) >= 11 is 6.41. The molecule has 3 rings (SSSR count). The molecular formula is C23H26ClN3O. The number of benzene rings is 2. The van der Waals surface area contributed by atoms with Gasteiger partial charge in [0.25, 0.3) is 0 Å². The molecule has 146 valence electrons. The van der Waals surface area contributed by atoms with Gasteiger partial charge in [-0.25, -0.2) is 4.68 Å². The maximum absolute atomic E-state index is 12.8. The fourth-order valence-corrected chi connectivity index (χ4v) is 3.23. The number of carbonyl (C=O) groups excluding carboxylic acids is 1. The number of carbonyl (C=O) groups is 1. The van der Waals surface area contributed by atoms with Gasteiger partial charge in [-0.3, -0.25) is 4.79 Å². The first-order valence-electron chi connectivity index (χ1n) is 9.35. The molecule has 0 aliphatic rings. The molecule has 0 unspecified atom stereocenters. The first-order valence-corrected chi connectivity index (χ1v) is 9.78. The molecule has 0 saturated carbocycles. The van der Waals surface area contributed by atoms with Gasteiger partial charge in [-0.2, -0.15) is 5.10 Å².